The van der Waals surface area contributed by atoms with Gasteiger partial charge in [-0.25, -0.2) is 4.79 Å². The van der Waals surface area contributed by atoms with Gasteiger partial charge in [0.25, 0.3) is 0 Å². The van der Waals surface area contributed by atoms with Crippen molar-refractivity contribution in [3.63, 3.8) is 0 Å². The van der Waals surface area contributed by atoms with Gasteiger partial charge in [0.05, 0.1) is 25.9 Å². The summed E-state index contributed by atoms with van der Waals surface area (Å²) in [4.78, 5) is 11.7. The van der Waals surface area contributed by atoms with E-state index in [1.165, 1.54) is 18.2 Å². The highest BCUT2D eigenvalue weighted by Crippen LogP contribution is 2.42. The van der Waals surface area contributed by atoms with E-state index < -0.39 is 12.3 Å². The first-order valence-electron chi connectivity index (χ1n) is 6.66. The molecule has 2 heterocycles. The summed E-state index contributed by atoms with van der Waals surface area (Å²) in [6, 6.07) is 3.50. The Hall–Kier alpha value is -2.13. The van der Waals surface area contributed by atoms with E-state index in [4.69, 9.17) is 9.47 Å². The van der Waals surface area contributed by atoms with Crippen LogP contribution in [0.2, 0.25) is 0 Å². The van der Waals surface area contributed by atoms with E-state index in [0.29, 0.717) is 25.5 Å². The molecule has 1 aromatic carbocycles. The second-order valence-corrected chi connectivity index (χ2v) is 4.73. The fourth-order valence-electron chi connectivity index (χ4n) is 2.06. The molecule has 0 aliphatic carbocycles. The van der Waals surface area contributed by atoms with Gasteiger partial charge < -0.3 is 29.6 Å². The number of hydrogen-bond donors (Lipinski definition) is 2. The van der Waals surface area contributed by atoms with E-state index in [0.717, 1.165) is 0 Å². The molecule has 2 N–H and O–H groups in total. The van der Waals surface area contributed by atoms with E-state index in [1.54, 1.807) is 0 Å². The Bertz CT molecular complexity index is 563. The van der Waals surface area contributed by atoms with Crippen LogP contribution in [0.1, 0.15) is 0 Å². The number of hydrogen-bond acceptors (Lipinski definition) is 5. The van der Waals surface area contributed by atoms with Crippen molar-refractivity contribution < 1.29 is 32.5 Å². The number of carbonyl (C=O) groups is 1. The fourth-order valence-corrected chi connectivity index (χ4v) is 2.06. The Balaban J connectivity index is 1.52. The summed E-state index contributed by atoms with van der Waals surface area (Å²) >= 11 is 0. The second-order valence-electron chi connectivity index (χ2n) is 4.73. The number of fused-ring (bicyclic) bond motifs is 1. The molecule has 2 aliphatic rings. The van der Waals surface area contributed by atoms with Crippen molar-refractivity contribution in [2.45, 2.75) is 12.4 Å². The Morgan fingerprint density at radius 3 is 2.86 bits per heavy atom. The van der Waals surface area contributed by atoms with Gasteiger partial charge in [0.2, 0.25) is 0 Å². The zero-order chi connectivity index (χ0) is 15.6. The number of anilines is 1. The summed E-state index contributed by atoms with van der Waals surface area (Å²) < 4.78 is 44.9. The van der Waals surface area contributed by atoms with Crippen LogP contribution in [0.3, 0.4) is 0 Å². The molecule has 2 aliphatic heterocycles. The lowest BCUT2D eigenvalue weighted by Gasteiger charge is -2.23. The van der Waals surface area contributed by atoms with Crippen LogP contribution in [0.15, 0.2) is 18.2 Å². The Labute approximate surface area is 124 Å². The highest BCUT2D eigenvalue weighted by atomic mass is 19.3. The van der Waals surface area contributed by atoms with E-state index in [9.17, 15) is 13.6 Å². The van der Waals surface area contributed by atoms with Gasteiger partial charge in [-0.3, -0.25) is 0 Å². The van der Waals surface area contributed by atoms with E-state index in [-0.39, 0.29) is 24.1 Å². The molecule has 1 aromatic rings. The molecule has 1 unspecified atom stereocenters. The Morgan fingerprint density at radius 2 is 2.09 bits per heavy atom. The van der Waals surface area contributed by atoms with Crippen LogP contribution in [0.4, 0.5) is 19.3 Å². The van der Waals surface area contributed by atoms with Gasteiger partial charge in [-0.05, 0) is 12.1 Å². The molecule has 0 bridgehead atoms. The maximum atomic E-state index is 12.9. The molecule has 3 rings (SSSR count). The number of benzene rings is 1. The Morgan fingerprint density at radius 1 is 1.27 bits per heavy atom. The van der Waals surface area contributed by atoms with Crippen molar-refractivity contribution in [3.05, 3.63) is 18.2 Å². The van der Waals surface area contributed by atoms with E-state index >= 15 is 0 Å². The minimum Gasteiger partial charge on any atom is -0.395 e. The predicted molar refractivity (Wildman–Crippen MR) is 70.2 cm³/mol. The number of carbonyl (C=O) groups excluding carboxylic acids is 1. The molecule has 0 saturated carbocycles. The fraction of sp³-hybridized carbons (Fsp3) is 0.462. The average Bonchev–Trinajstić information content (AvgIpc) is 2.79. The van der Waals surface area contributed by atoms with Gasteiger partial charge in [0, 0.05) is 18.3 Å². The van der Waals surface area contributed by atoms with E-state index in [1.807, 2.05) is 0 Å². The first-order chi connectivity index (χ1) is 10.5. The van der Waals surface area contributed by atoms with Crippen molar-refractivity contribution in [2.24, 2.45) is 0 Å². The summed E-state index contributed by atoms with van der Waals surface area (Å²) in [6.07, 6.45) is -3.88. The zero-order valence-electron chi connectivity index (χ0n) is 11.4. The van der Waals surface area contributed by atoms with Crippen LogP contribution < -0.4 is 20.1 Å². The van der Waals surface area contributed by atoms with Crippen LogP contribution >= 0.6 is 0 Å². The second kappa shape index (κ2) is 5.93. The molecule has 2 amide bonds. The minimum absolute atomic E-state index is 0.0799. The van der Waals surface area contributed by atoms with Crippen LogP contribution in [0, 0.1) is 0 Å². The van der Waals surface area contributed by atoms with Crippen LogP contribution in [-0.4, -0.2) is 44.8 Å². The van der Waals surface area contributed by atoms with Crippen LogP contribution in [0.25, 0.3) is 0 Å². The zero-order valence-corrected chi connectivity index (χ0v) is 11.4. The summed E-state index contributed by atoms with van der Waals surface area (Å²) in [5.74, 6) is -0.212. The third kappa shape index (κ3) is 3.55. The molecular formula is C13H14F2N2O5. The molecule has 7 nitrogen and oxygen atoms in total. The van der Waals surface area contributed by atoms with Crippen molar-refractivity contribution >= 4 is 11.7 Å². The third-order valence-electron chi connectivity index (χ3n) is 3.03. The largest absolute Gasteiger partial charge is 0.586 e. The maximum absolute atomic E-state index is 12.9. The number of alkyl halides is 2. The molecule has 1 fully saturated rings. The number of rotatable bonds is 3. The lowest BCUT2D eigenvalue weighted by atomic mass is 10.3. The molecule has 120 valence electrons. The van der Waals surface area contributed by atoms with Gasteiger partial charge in [-0.2, -0.15) is 0 Å². The van der Waals surface area contributed by atoms with Gasteiger partial charge >= 0.3 is 12.3 Å². The van der Waals surface area contributed by atoms with Gasteiger partial charge in [-0.15, -0.1) is 8.78 Å². The highest BCUT2D eigenvalue weighted by molar-refractivity contribution is 5.89. The minimum atomic E-state index is -3.68. The molecule has 1 atom stereocenters. The first kappa shape index (κ1) is 14.8. The normalized spacial score (nSPS) is 22.2. The standard InChI is InChI=1S/C13H14F2N2O5/c14-13(15)21-10-2-1-8(5-11(10)22-13)17-12(18)16-6-9-7-19-3-4-20-9/h1-2,5,9H,3-4,6-7H2,(H2,16,17,18). The van der Waals surface area contributed by atoms with Gasteiger partial charge in [-0.1, -0.05) is 0 Å². The molecule has 0 aromatic heterocycles. The average molecular weight is 316 g/mol. The van der Waals surface area contributed by atoms with Crippen LogP contribution in [0.5, 0.6) is 11.5 Å². The van der Waals surface area contributed by atoms with Crippen molar-refractivity contribution in [1.82, 2.24) is 5.32 Å². The summed E-state index contributed by atoms with van der Waals surface area (Å²) in [6.45, 7) is 1.74. The van der Waals surface area contributed by atoms with Crippen molar-refractivity contribution in [1.29, 1.82) is 0 Å². The van der Waals surface area contributed by atoms with Crippen LogP contribution in [-0.2, 0) is 9.47 Å². The highest BCUT2D eigenvalue weighted by Gasteiger charge is 2.43. The predicted octanol–water partition coefficient (Wildman–Crippen LogP) is 1.54. The van der Waals surface area contributed by atoms with E-state index in [2.05, 4.69) is 20.1 Å². The number of halogens is 2. The quantitative estimate of drug-likeness (QED) is 0.884. The summed E-state index contributed by atoms with van der Waals surface area (Å²) in [5, 5.41) is 5.12. The van der Waals surface area contributed by atoms with Crippen molar-refractivity contribution in [2.75, 3.05) is 31.7 Å². The lowest BCUT2D eigenvalue weighted by Crippen LogP contribution is -2.41. The van der Waals surface area contributed by atoms with Crippen molar-refractivity contribution in [3.8, 4) is 11.5 Å². The number of nitrogens with one attached hydrogen (secondary N) is 2. The monoisotopic (exact) mass is 316 g/mol. The SMILES string of the molecule is O=C(NCC1COCCO1)Nc1ccc2c(c1)OC(F)(F)O2. The smallest absolute Gasteiger partial charge is 0.395 e. The molecule has 22 heavy (non-hydrogen) atoms. The Kier molecular flexibility index (Phi) is 3.99. The summed E-state index contributed by atoms with van der Waals surface area (Å²) in [7, 11) is 0. The molecule has 0 radical (unpaired) electrons. The molecule has 0 spiro atoms. The topological polar surface area (TPSA) is 78.1 Å². The maximum Gasteiger partial charge on any atom is 0.586 e. The molecular weight excluding hydrogens is 302 g/mol. The molecule has 9 heteroatoms. The van der Waals surface area contributed by atoms with Gasteiger partial charge in [0.1, 0.15) is 0 Å². The number of ether oxygens (including phenoxy) is 4. The number of urea groups is 1. The van der Waals surface area contributed by atoms with Gasteiger partial charge in [0.15, 0.2) is 11.5 Å². The molecule has 1 saturated heterocycles. The first-order valence-corrected chi connectivity index (χ1v) is 6.66. The summed E-state index contributed by atoms with van der Waals surface area (Å²) in [5.41, 5.74) is 0.304. The lowest BCUT2D eigenvalue weighted by molar-refractivity contribution is -0.286. The third-order valence-corrected chi connectivity index (χ3v) is 3.03. The number of amides is 2.